The van der Waals surface area contributed by atoms with E-state index in [1.165, 1.54) is 15.8 Å². The number of carbonyl (C=O) groups excluding carboxylic acids is 1. The van der Waals surface area contributed by atoms with E-state index in [1.54, 1.807) is 18.4 Å². The van der Waals surface area contributed by atoms with E-state index in [-0.39, 0.29) is 11.9 Å². The Labute approximate surface area is 192 Å². The molecule has 1 N–H and O–H groups in total. The number of amides is 1. The van der Waals surface area contributed by atoms with Crippen molar-refractivity contribution in [3.8, 4) is 5.75 Å². The molecule has 0 fully saturated rings. The van der Waals surface area contributed by atoms with E-state index in [0.29, 0.717) is 6.42 Å². The maximum Gasteiger partial charge on any atom is 0.223 e. The molecule has 4 nitrogen and oxygen atoms in total. The van der Waals surface area contributed by atoms with Crippen molar-refractivity contribution < 1.29 is 9.53 Å². The fraction of sp³-hybridized carbons (Fsp3) is 0.296. The van der Waals surface area contributed by atoms with Crippen LogP contribution in [0.2, 0.25) is 0 Å². The molecule has 5 rings (SSSR count). The van der Waals surface area contributed by atoms with E-state index in [4.69, 9.17) is 4.74 Å². The first-order valence-electron chi connectivity index (χ1n) is 11.2. The smallest absolute Gasteiger partial charge is 0.223 e. The molecule has 164 valence electrons. The Balaban J connectivity index is 1.49. The number of methoxy groups -OCH3 is 1. The molecule has 1 amide bonds. The molecule has 2 aromatic carbocycles. The van der Waals surface area contributed by atoms with E-state index in [2.05, 4.69) is 70.7 Å². The van der Waals surface area contributed by atoms with E-state index in [0.717, 1.165) is 53.9 Å². The Kier molecular flexibility index (Phi) is 5.75. The first kappa shape index (κ1) is 20.8. The Bertz CT molecular complexity index is 1240. The molecule has 3 heterocycles. The van der Waals surface area contributed by atoms with Crippen LogP contribution in [-0.2, 0) is 17.6 Å². The molecular formula is C27H28N2O2S. The van der Waals surface area contributed by atoms with Gasteiger partial charge < -0.3 is 14.6 Å². The van der Waals surface area contributed by atoms with Gasteiger partial charge in [0.25, 0.3) is 0 Å². The number of aromatic nitrogens is 1. The summed E-state index contributed by atoms with van der Waals surface area (Å²) in [6, 6.07) is 18.8. The first-order chi connectivity index (χ1) is 15.7. The first-order valence-corrected chi connectivity index (χ1v) is 12.1. The summed E-state index contributed by atoms with van der Waals surface area (Å²) in [5.74, 6) is 1.10. The molecule has 0 bridgehead atoms. The zero-order chi connectivity index (χ0) is 22.1. The van der Waals surface area contributed by atoms with Gasteiger partial charge >= 0.3 is 0 Å². The van der Waals surface area contributed by atoms with E-state index in [1.807, 2.05) is 6.07 Å². The maximum atomic E-state index is 13.4. The lowest BCUT2D eigenvalue weighted by Gasteiger charge is -2.36. The van der Waals surface area contributed by atoms with E-state index >= 15 is 0 Å². The summed E-state index contributed by atoms with van der Waals surface area (Å²) >= 11 is 1.76. The second kappa shape index (κ2) is 8.83. The normalized spacial score (nSPS) is 15.7. The number of H-pyrrole nitrogens is 1. The monoisotopic (exact) mass is 444 g/mol. The number of fused-ring (bicyclic) bond motifs is 3. The quantitative estimate of drug-likeness (QED) is 0.394. The molecule has 0 radical (unpaired) electrons. The SMILES string of the molecule is COc1ccc([C@H]2c3[nH]c4ccccc4c3CCN2C(=O)CCCc2cccs2)cc1C. The molecule has 0 saturated carbocycles. The van der Waals surface area contributed by atoms with Crippen LogP contribution in [0.1, 0.15) is 46.1 Å². The van der Waals surface area contributed by atoms with Crippen LogP contribution in [-0.4, -0.2) is 29.4 Å². The summed E-state index contributed by atoms with van der Waals surface area (Å²) < 4.78 is 5.48. The number of aromatic amines is 1. The third-order valence-electron chi connectivity index (χ3n) is 6.48. The third kappa shape index (κ3) is 3.82. The van der Waals surface area contributed by atoms with Gasteiger partial charge in [0.1, 0.15) is 5.75 Å². The van der Waals surface area contributed by atoms with Crippen LogP contribution in [0.25, 0.3) is 10.9 Å². The highest BCUT2D eigenvalue weighted by molar-refractivity contribution is 7.09. The van der Waals surface area contributed by atoms with Crippen LogP contribution in [0.4, 0.5) is 0 Å². The van der Waals surface area contributed by atoms with Crippen LogP contribution in [0.3, 0.4) is 0 Å². The Morgan fingerprint density at radius 2 is 2.06 bits per heavy atom. The number of para-hydroxylation sites is 1. The van der Waals surface area contributed by atoms with Crippen LogP contribution in [0, 0.1) is 6.92 Å². The fourth-order valence-corrected chi connectivity index (χ4v) is 5.69. The van der Waals surface area contributed by atoms with Crippen LogP contribution >= 0.6 is 11.3 Å². The summed E-state index contributed by atoms with van der Waals surface area (Å²) in [6.07, 6.45) is 3.28. The highest BCUT2D eigenvalue weighted by Gasteiger charge is 2.34. The number of hydrogen-bond acceptors (Lipinski definition) is 3. The Morgan fingerprint density at radius 3 is 2.84 bits per heavy atom. The number of carbonyl (C=O) groups is 1. The number of thiophene rings is 1. The summed E-state index contributed by atoms with van der Waals surface area (Å²) in [6.45, 7) is 2.80. The number of nitrogens with one attached hydrogen (secondary N) is 1. The van der Waals surface area contributed by atoms with Gasteiger partial charge in [-0.2, -0.15) is 0 Å². The molecule has 1 aliphatic rings. The van der Waals surface area contributed by atoms with Crippen molar-refractivity contribution in [3.05, 3.63) is 87.2 Å². The standard InChI is InChI=1S/C27H28N2O2S/c1-18-17-19(12-13-24(18)31-2)27-26-22(21-9-3-4-10-23(21)28-26)14-15-29(27)25(30)11-5-7-20-8-6-16-32-20/h3-4,6,8-10,12-13,16-17,27-28H,5,7,11,14-15H2,1-2H3/t27-/m0/s1. The molecule has 1 atom stereocenters. The van der Waals surface area contributed by atoms with Crippen molar-refractivity contribution in [1.29, 1.82) is 0 Å². The van der Waals surface area contributed by atoms with Crippen LogP contribution in [0.5, 0.6) is 5.75 Å². The molecule has 32 heavy (non-hydrogen) atoms. The van der Waals surface area contributed by atoms with Crippen LogP contribution < -0.4 is 4.74 Å². The molecule has 0 unspecified atom stereocenters. The van der Waals surface area contributed by atoms with Gasteiger partial charge in [-0.1, -0.05) is 30.3 Å². The van der Waals surface area contributed by atoms with Crippen LogP contribution in [0.15, 0.2) is 60.0 Å². The number of aryl methyl sites for hydroxylation is 2. The predicted molar refractivity (Wildman–Crippen MR) is 131 cm³/mol. The third-order valence-corrected chi connectivity index (χ3v) is 7.42. The number of ether oxygens (including phenoxy) is 1. The van der Waals surface area contributed by atoms with Crippen molar-refractivity contribution in [2.45, 2.75) is 38.6 Å². The second-order valence-corrected chi connectivity index (χ2v) is 9.50. The van der Waals surface area contributed by atoms with Crippen molar-refractivity contribution in [2.24, 2.45) is 0 Å². The number of benzene rings is 2. The lowest BCUT2D eigenvalue weighted by molar-refractivity contribution is -0.133. The molecule has 0 saturated heterocycles. The van der Waals surface area contributed by atoms with Gasteiger partial charge in [0.15, 0.2) is 0 Å². The van der Waals surface area contributed by atoms with Gasteiger partial charge in [-0.3, -0.25) is 4.79 Å². The predicted octanol–water partition coefficient (Wildman–Crippen LogP) is 6.04. The van der Waals surface area contributed by atoms with Crippen molar-refractivity contribution in [2.75, 3.05) is 13.7 Å². The average Bonchev–Trinajstić information content (AvgIpc) is 3.46. The van der Waals surface area contributed by atoms with Gasteiger partial charge in [0.05, 0.1) is 13.2 Å². The lowest BCUT2D eigenvalue weighted by Crippen LogP contribution is -2.40. The molecule has 0 aliphatic carbocycles. The topological polar surface area (TPSA) is 45.3 Å². The van der Waals surface area contributed by atoms with Gasteiger partial charge in [-0.15, -0.1) is 11.3 Å². The highest BCUT2D eigenvalue weighted by Crippen LogP contribution is 2.39. The molecule has 0 spiro atoms. The Hall–Kier alpha value is -3.05. The van der Waals surface area contributed by atoms with Crippen molar-refractivity contribution >= 4 is 28.1 Å². The number of hydrogen-bond donors (Lipinski definition) is 1. The summed E-state index contributed by atoms with van der Waals surface area (Å²) in [5.41, 5.74) is 5.83. The lowest BCUT2D eigenvalue weighted by atomic mass is 9.91. The summed E-state index contributed by atoms with van der Waals surface area (Å²) in [4.78, 5) is 20.5. The Morgan fingerprint density at radius 1 is 1.19 bits per heavy atom. The second-order valence-electron chi connectivity index (χ2n) is 8.46. The minimum absolute atomic E-state index is 0.106. The van der Waals surface area contributed by atoms with Gasteiger partial charge in [0, 0.05) is 34.4 Å². The largest absolute Gasteiger partial charge is 0.496 e. The fourth-order valence-electron chi connectivity index (χ4n) is 4.94. The molecule has 2 aromatic heterocycles. The number of nitrogens with zero attached hydrogens (tertiary/aromatic N) is 1. The van der Waals surface area contributed by atoms with Crippen molar-refractivity contribution in [3.63, 3.8) is 0 Å². The highest BCUT2D eigenvalue weighted by atomic mass is 32.1. The number of rotatable bonds is 6. The van der Waals surface area contributed by atoms with Gasteiger partial charge in [-0.25, -0.2) is 0 Å². The molecule has 4 aromatic rings. The minimum Gasteiger partial charge on any atom is -0.496 e. The minimum atomic E-state index is -0.106. The summed E-state index contributed by atoms with van der Waals surface area (Å²) in [5, 5.41) is 3.36. The molecule has 5 heteroatoms. The zero-order valence-electron chi connectivity index (χ0n) is 18.6. The van der Waals surface area contributed by atoms with Crippen molar-refractivity contribution in [1.82, 2.24) is 9.88 Å². The molecular weight excluding hydrogens is 416 g/mol. The maximum absolute atomic E-state index is 13.4. The van der Waals surface area contributed by atoms with E-state index < -0.39 is 0 Å². The van der Waals surface area contributed by atoms with E-state index in [9.17, 15) is 4.79 Å². The van der Waals surface area contributed by atoms with Gasteiger partial charge in [0.2, 0.25) is 5.91 Å². The molecule has 1 aliphatic heterocycles. The zero-order valence-corrected chi connectivity index (χ0v) is 19.4. The van der Waals surface area contributed by atoms with Gasteiger partial charge in [-0.05, 0) is 72.5 Å². The summed E-state index contributed by atoms with van der Waals surface area (Å²) in [7, 11) is 1.70. The average molecular weight is 445 g/mol.